The highest BCUT2D eigenvalue weighted by molar-refractivity contribution is 5.98. The Morgan fingerprint density at radius 1 is 1.09 bits per heavy atom. The summed E-state index contributed by atoms with van der Waals surface area (Å²) in [7, 11) is 0. The summed E-state index contributed by atoms with van der Waals surface area (Å²) in [6.07, 6.45) is 3.50. The van der Waals surface area contributed by atoms with E-state index < -0.39 is 10.9 Å². The SMILES string of the molecule is CCCCN(CCCC)C(=O)c1cc(C(=O)O)cc([N+](=O)[O-])c1. The Balaban J connectivity index is 3.15. The van der Waals surface area contributed by atoms with Gasteiger partial charge >= 0.3 is 5.97 Å². The van der Waals surface area contributed by atoms with Gasteiger partial charge in [-0.1, -0.05) is 26.7 Å². The largest absolute Gasteiger partial charge is 0.478 e. The topological polar surface area (TPSA) is 101 Å². The first-order valence-electron chi connectivity index (χ1n) is 7.72. The van der Waals surface area contributed by atoms with Gasteiger partial charge in [0.1, 0.15) is 0 Å². The summed E-state index contributed by atoms with van der Waals surface area (Å²) >= 11 is 0. The van der Waals surface area contributed by atoms with Crippen molar-refractivity contribution in [2.75, 3.05) is 13.1 Å². The van der Waals surface area contributed by atoms with E-state index in [1.807, 2.05) is 13.8 Å². The lowest BCUT2D eigenvalue weighted by Gasteiger charge is -2.22. The number of carboxylic acid groups (broad SMARTS) is 1. The van der Waals surface area contributed by atoms with Gasteiger partial charge in [-0.15, -0.1) is 0 Å². The predicted octanol–water partition coefficient (Wildman–Crippen LogP) is 3.34. The van der Waals surface area contributed by atoms with E-state index in [0.717, 1.165) is 37.8 Å². The van der Waals surface area contributed by atoms with E-state index in [2.05, 4.69) is 0 Å². The number of carbonyl (C=O) groups excluding carboxylic acids is 1. The van der Waals surface area contributed by atoms with Crippen LogP contribution in [0.1, 0.15) is 60.2 Å². The smallest absolute Gasteiger partial charge is 0.335 e. The molecule has 1 aromatic rings. The van der Waals surface area contributed by atoms with Crippen molar-refractivity contribution in [2.24, 2.45) is 0 Å². The molecule has 0 fully saturated rings. The number of amides is 1. The van der Waals surface area contributed by atoms with Crippen molar-refractivity contribution in [3.8, 4) is 0 Å². The van der Waals surface area contributed by atoms with Crippen LogP contribution >= 0.6 is 0 Å². The molecule has 1 N–H and O–H groups in total. The summed E-state index contributed by atoms with van der Waals surface area (Å²) < 4.78 is 0. The third-order valence-corrected chi connectivity index (χ3v) is 3.47. The highest BCUT2D eigenvalue weighted by atomic mass is 16.6. The van der Waals surface area contributed by atoms with Crippen LogP contribution in [0, 0.1) is 10.1 Å². The zero-order valence-corrected chi connectivity index (χ0v) is 13.4. The lowest BCUT2D eigenvalue weighted by atomic mass is 10.1. The van der Waals surface area contributed by atoms with Crippen LogP contribution in [0.4, 0.5) is 5.69 Å². The minimum atomic E-state index is -1.29. The number of unbranched alkanes of at least 4 members (excludes halogenated alkanes) is 2. The Morgan fingerprint density at radius 3 is 2.04 bits per heavy atom. The summed E-state index contributed by atoms with van der Waals surface area (Å²) in [5, 5.41) is 20.0. The normalized spacial score (nSPS) is 10.3. The average Bonchev–Trinajstić information content (AvgIpc) is 2.53. The van der Waals surface area contributed by atoms with E-state index in [0.29, 0.717) is 13.1 Å². The molecular formula is C16H22N2O5. The van der Waals surface area contributed by atoms with Gasteiger partial charge in [0.15, 0.2) is 0 Å². The molecule has 1 amide bonds. The minimum absolute atomic E-state index is 0.0452. The first-order valence-corrected chi connectivity index (χ1v) is 7.72. The minimum Gasteiger partial charge on any atom is -0.478 e. The van der Waals surface area contributed by atoms with E-state index in [9.17, 15) is 19.7 Å². The van der Waals surface area contributed by atoms with Crippen LogP contribution in [-0.2, 0) is 0 Å². The van der Waals surface area contributed by atoms with E-state index in [4.69, 9.17) is 5.11 Å². The molecule has 0 aliphatic rings. The van der Waals surface area contributed by atoms with Gasteiger partial charge in [0.05, 0.1) is 10.5 Å². The summed E-state index contributed by atoms with van der Waals surface area (Å²) in [5.41, 5.74) is -0.600. The molecule has 0 unspecified atom stereocenters. The number of non-ortho nitro benzene ring substituents is 1. The van der Waals surface area contributed by atoms with Crippen LogP contribution in [0.15, 0.2) is 18.2 Å². The highest BCUT2D eigenvalue weighted by Crippen LogP contribution is 2.19. The molecule has 23 heavy (non-hydrogen) atoms. The molecule has 0 bridgehead atoms. The fourth-order valence-electron chi connectivity index (χ4n) is 2.16. The molecule has 0 aliphatic heterocycles. The van der Waals surface area contributed by atoms with Crippen molar-refractivity contribution < 1.29 is 19.6 Å². The summed E-state index contributed by atoms with van der Waals surface area (Å²) in [6.45, 7) is 5.14. The quantitative estimate of drug-likeness (QED) is 0.555. The number of hydrogen-bond acceptors (Lipinski definition) is 4. The third-order valence-electron chi connectivity index (χ3n) is 3.47. The molecule has 0 aromatic heterocycles. The number of carboxylic acids is 1. The van der Waals surface area contributed by atoms with Crippen LogP contribution in [-0.4, -0.2) is 39.9 Å². The Labute approximate surface area is 135 Å². The van der Waals surface area contributed by atoms with Crippen LogP contribution < -0.4 is 0 Å². The van der Waals surface area contributed by atoms with Crippen molar-refractivity contribution in [1.29, 1.82) is 0 Å². The van der Waals surface area contributed by atoms with Gasteiger partial charge < -0.3 is 10.0 Å². The van der Waals surface area contributed by atoms with E-state index in [1.165, 1.54) is 6.07 Å². The fourth-order valence-corrected chi connectivity index (χ4v) is 2.16. The first kappa shape index (κ1) is 18.6. The van der Waals surface area contributed by atoms with Crippen LogP contribution in [0.25, 0.3) is 0 Å². The van der Waals surface area contributed by atoms with Crippen molar-refractivity contribution in [2.45, 2.75) is 39.5 Å². The molecule has 0 heterocycles. The van der Waals surface area contributed by atoms with Gasteiger partial charge in [-0.2, -0.15) is 0 Å². The zero-order valence-electron chi connectivity index (χ0n) is 13.4. The first-order chi connectivity index (χ1) is 10.9. The van der Waals surface area contributed by atoms with E-state index in [1.54, 1.807) is 4.90 Å². The molecule has 0 atom stereocenters. The van der Waals surface area contributed by atoms with Gasteiger partial charge in [0, 0.05) is 30.8 Å². The van der Waals surface area contributed by atoms with Gasteiger partial charge in [-0.3, -0.25) is 14.9 Å². The Hall–Kier alpha value is -2.44. The molecule has 0 radical (unpaired) electrons. The zero-order chi connectivity index (χ0) is 17.4. The lowest BCUT2D eigenvalue weighted by Crippen LogP contribution is -2.33. The monoisotopic (exact) mass is 322 g/mol. The molecule has 126 valence electrons. The lowest BCUT2D eigenvalue weighted by molar-refractivity contribution is -0.384. The van der Waals surface area contributed by atoms with Crippen LogP contribution in [0.2, 0.25) is 0 Å². The van der Waals surface area contributed by atoms with Gasteiger partial charge in [0.2, 0.25) is 0 Å². The second kappa shape index (κ2) is 8.87. The summed E-state index contributed by atoms with van der Waals surface area (Å²) in [5.74, 6) is -1.66. The number of nitro benzene ring substituents is 1. The molecule has 0 saturated heterocycles. The van der Waals surface area contributed by atoms with Crippen molar-refractivity contribution in [1.82, 2.24) is 4.90 Å². The van der Waals surface area contributed by atoms with Crippen molar-refractivity contribution in [3.05, 3.63) is 39.4 Å². The van der Waals surface area contributed by atoms with Gasteiger partial charge in [-0.25, -0.2) is 4.79 Å². The highest BCUT2D eigenvalue weighted by Gasteiger charge is 2.21. The Morgan fingerprint density at radius 2 is 1.61 bits per heavy atom. The maximum Gasteiger partial charge on any atom is 0.335 e. The second-order valence-corrected chi connectivity index (χ2v) is 5.33. The number of nitro groups is 1. The number of benzene rings is 1. The fraction of sp³-hybridized carbons (Fsp3) is 0.500. The standard InChI is InChI=1S/C16H22N2O5/c1-3-5-7-17(8-6-4-2)15(19)12-9-13(16(20)21)11-14(10-12)18(22)23/h9-11H,3-8H2,1-2H3,(H,20,21). The Kier molecular flexibility index (Phi) is 7.18. The average molecular weight is 322 g/mol. The second-order valence-electron chi connectivity index (χ2n) is 5.33. The van der Waals surface area contributed by atoms with E-state index >= 15 is 0 Å². The molecule has 0 saturated carbocycles. The van der Waals surface area contributed by atoms with Gasteiger partial charge in [-0.05, 0) is 18.9 Å². The molecule has 0 aliphatic carbocycles. The van der Waals surface area contributed by atoms with Crippen LogP contribution in [0.5, 0.6) is 0 Å². The molecule has 1 rings (SSSR count). The number of aromatic carboxylic acids is 1. The molecule has 7 heteroatoms. The van der Waals surface area contributed by atoms with Crippen molar-refractivity contribution >= 4 is 17.6 Å². The maximum absolute atomic E-state index is 12.6. The molecule has 1 aromatic carbocycles. The molecular weight excluding hydrogens is 300 g/mol. The molecule has 7 nitrogen and oxygen atoms in total. The summed E-state index contributed by atoms with van der Waals surface area (Å²) in [6, 6.07) is 3.30. The van der Waals surface area contributed by atoms with Crippen molar-refractivity contribution in [3.63, 3.8) is 0 Å². The number of rotatable bonds is 9. The predicted molar refractivity (Wildman–Crippen MR) is 85.8 cm³/mol. The number of hydrogen-bond donors (Lipinski definition) is 1. The number of carbonyl (C=O) groups is 2. The van der Waals surface area contributed by atoms with E-state index in [-0.39, 0.29) is 22.7 Å². The number of nitrogens with zero attached hydrogens (tertiary/aromatic N) is 2. The molecule has 0 spiro atoms. The van der Waals surface area contributed by atoms with Crippen LogP contribution in [0.3, 0.4) is 0 Å². The Bertz CT molecular complexity index is 546. The summed E-state index contributed by atoms with van der Waals surface area (Å²) in [4.78, 5) is 35.6. The third kappa shape index (κ3) is 5.36. The maximum atomic E-state index is 12.6. The van der Waals surface area contributed by atoms with Gasteiger partial charge in [0.25, 0.3) is 11.6 Å².